The summed E-state index contributed by atoms with van der Waals surface area (Å²) in [5, 5.41) is 3.83. The Labute approximate surface area is 212 Å². The number of halogens is 2. The lowest BCUT2D eigenvalue weighted by atomic mass is 10.1. The average Bonchev–Trinajstić information content (AvgIpc) is 2.79. The lowest BCUT2D eigenvalue weighted by Crippen LogP contribution is -2.47. The molecule has 0 unspecified atom stereocenters. The van der Waals surface area contributed by atoms with Gasteiger partial charge in [-0.2, -0.15) is 0 Å². The van der Waals surface area contributed by atoms with Gasteiger partial charge in [0, 0.05) is 36.1 Å². The molecule has 10 heteroatoms. The van der Waals surface area contributed by atoms with Gasteiger partial charge in [0.1, 0.15) is 6.04 Å². The Bertz CT molecular complexity index is 1080. The highest BCUT2D eigenvalue weighted by Gasteiger charge is 2.27. The molecule has 0 spiro atoms. The van der Waals surface area contributed by atoms with Crippen molar-refractivity contribution in [2.45, 2.75) is 45.7 Å². The lowest BCUT2D eigenvalue weighted by Gasteiger charge is -2.29. The zero-order valence-corrected chi connectivity index (χ0v) is 22.0. The Kier molecular flexibility index (Phi) is 10.7. The van der Waals surface area contributed by atoms with Crippen LogP contribution in [0.15, 0.2) is 48.5 Å². The van der Waals surface area contributed by atoms with Crippen molar-refractivity contribution in [3.63, 3.8) is 0 Å². The Hall–Kier alpha value is -2.29. The Morgan fingerprint density at radius 3 is 2.29 bits per heavy atom. The van der Waals surface area contributed by atoms with Crippen LogP contribution in [0.1, 0.15) is 38.7 Å². The van der Waals surface area contributed by atoms with Gasteiger partial charge in [-0.1, -0.05) is 48.3 Å². The minimum atomic E-state index is -3.56. The van der Waals surface area contributed by atoms with E-state index in [2.05, 4.69) is 5.32 Å². The van der Waals surface area contributed by atoms with Gasteiger partial charge in [-0.05, 0) is 55.7 Å². The summed E-state index contributed by atoms with van der Waals surface area (Å²) in [6, 6.07) is 12.9. The summed E-state index contributed by atoms with van der Waals surface area (Å²) < 4.78 is 25.9. The maximum Gasteiger partial charge on any atom is 0.242 e. The maximum absolute atomic E-state index is 13.2. The fraction of sp³-hybridized carbons (Fsp3) is 0.417. The van der Waals surface area contributed by atoms with Crippen molar-refractivity contribution in [3.8, 4) is 0 Å². The first-order chi connectivity index (χ1) is 16.0. The van der Waals surface area contributed by atoms with Crippen LogP contribution >= 0.6 is 23.2 Å². The summed E-state index contributed by atoms with van der Waals surface area (Å²) in [7, 11) is -3.56. The molecule has 0 heterocycles. The quantitative estimate of drug-likeness (QED) is 0.440. The molecule has 2 amide bonds. The van der Waals surface area contributed by atoms with Gasteiger partial charge in [0.05, 0.1) is 11.9 Å². The summed E-state index contributed by atoms with van der Waals surface area (Å²) >= 11 is 12.2. The molecule has 186 valence electrons. The fourth-order valence-electron chi connectivity index (χ4n) is 3.40. The first-order valence-electron chi connectivity index (χ1n) is 11.1. The van der Waals surface area contributed by atoms with Crippen molar-refractivity contribution in [2.24, 2.45) is 0 Å². The number of nitrogens with zero attached hydrogens (tertiary/aromatic N) is 2. The average molecular weight is 529 g/mol. The van der Waals surface area contributed by atoms with Crippen LogP contribution in [0.25, 0.3) is 0 Å². The number of carbonyl (C=O) groups excluding carboxylic acids is 2. The van der Waals surface area contributed by atoms with Crippen molar-refractivity contribution < 1.29 is 18.0 Å². The second kappa shape index (κ2) is 13.0. The van der Waals surface area contributed by atoms with E-state index in [1.807, 2.05) is 19.1 Å². The van der Waals surface area contributed by atoms with Crippen LogP contribution in [0.2, 0.25) is 10.0 Å². The van der Waals surface area contributed by atoms with Crippen molar-refractivity contribution in [2.75, 3.05) is 23.7 Å². The Morgan fingerprint density at radius 2 is 1.71 bits per heavy atom. The minimum Gasteiger partial charge on any atom is -0.354 e. The van der Waals surface area contributed by atoms with Crippen LogP contribution < -0.4 is 9.62 Å². The second-order valence-electron chi connectivity index (χ2n) is 8.00. The largest absolute Gasteiger partial charge is 0.354 e. The van der Waals surface area contributed by atoms with Gasteiger partial charge in [0.2, 0.25) is 21.8 Å². The molecule has 0 saturated carbocycles. The van der Waals surface area contributed by atoms with Crippen molar-refractivity contribution in [3.05, 3.63) is 64.1 Å². The zero-order valence-electron chi connectivity index (χ0n) is 19.6. The van der Waals surface area contributed by atoms with E-state index in [1.54, 1.807) is 43.3 Å². The van der Waals surface area contributed by atoms with E-state index in [-0.39, 0.29) is 37.7 Å². The molecule has 2 rings (SSSR count). The molecule has 0 aliphatic carbocycles. The number of hydrogen-bond donors (Lipinski definition) is 1. The number of amides is 2. The standard InChI is InChI=1S/C24H31Cl2N3O4S/c1-4-15-27-24(31)18(2)28(17-19-8-5-6-9-22(19)26)23(30)10-7-16-29(34(3,32)33)21-13-11-20(25)12-14-21/h5-6,8-9,11-14,18H,4,7,10,15-17H2,1-3H3,(H,27,31)/t18-/m0/s1. The Morgan fingerprint density at radius 1 is 1.06 bits per heavy atom. The van der Waals surface area contributed by atoms with Gasteiger partial charge < -0.3 is 10.2 Å². The van der Waals surface area contributed by atoms with Crippen LogP contribution in [0.5, 0.6) is 0 Å². The number of hydrogen-bond acceptors (Lipinski definition) is 4. The molecular weight excluding hydrogens is 497 g/mol. The van der Waals surface area contributed by atoms with Crippen molar-refractivity contribution >= 4 is 50.7 Å². The first kappa shape index (κ1) is 28.0. The molecule has 2 aromatic rings. The molecular formula is C24H31Cl2N3O4S. The summed E-state index contributed by atoms with van der Waals surface area (Å²) in [5.74, 6) is -0.509. The maximum atomic E-state index is 13.2. The monoisotopic (exact) mass is 527 g/mol. The molecule has 0 saturated heterocycles. The fourth-order valence-corrected chi connectivity index (χ4v) is 4.69. The predicted molar refractivity (Wildman–Crippen MR) is 138 cm³/mol. The number of rotatable bonds is 12. The van der Waals surface area contributed by atoms with Gasteiger partial charge in [0.15, 0.2) is 0 Å². The molecule has 0 aliphatic rings. The van der Waals surface area contributed by atoms with Crippen LogP contribution in [0.3, 0.4) is 0 Å². The zero-order chi connectivity index (χ0) is 25.3. The van der Waals surface area contributed by atoms with Gasteiger partial charge in [-0.15, -0.1) is 0 Å². The van der Waals surface area contributed by atoms with Crippen LogP contribution in [0, 0.1) is 0 Å². The first-order valence-corrected chi connectivity index (χ1v) is 13.7. The minimum absolute atomic E-state index is 0.0649. The lowest BCUT2D eigenvalue weighted by molar-refractivity contribution is -0.140. The number of nitrogens with one attached hydrogen (secondary N) is 1. The van der Waals surface area contributed by atoms with Gasteiger partial charge in [0.25, 0.3) is 0 Å². The van der Waals surface area contributed by atoms with E-state index in [1.165, 1.54) is 9.21 Å². The van der Waals surface area contributed by atoms with E-state index in [4.69, 9.17) is 23.2 Å². The third kappa shape index (κ3) is 8.18. The molecule has 1 atom stereocenters. The molecule has 0 aliphatic heterocycles. The predicted octanol–water partition coefficient (Wildman–Crippen LogP) is 4.48. The summed E-state index contributed by atoms with van der Waals surface area (Å²) in [4.78, 5) is 27.3. The molecule has 0 fully saturated rings. The molecule has 0 radical (unpaired) electrons. The van der Waals surface area contributed by atoms with Crippen molar-refractivity contribution in [1.29, 1.82) is 0 Å². The SMILES string of the molecule is CCCNC(=O)[C@H](C)N(Cc1ccccc1Cl)C(=O)CCCN(c1ccc(Cl)cc1)S(C)(=O)=O. The van der Waals surface area contributed by atoms with E-state index >= 15 is 0 Å². The topological polar surface area (TPSA) is 86.8 Å². The second-order valence-corrected chi connectivity index (χ2v) is 10.7. The molecule has 1 N–H and O–H groups in total. The van der Waals surface area contributed by atoms with E-state index in [0.717, 1.165) is 18.2 Å². The van der Waals surface area contributed by atoms with E-state index < -0.39 is 16.1 Å². The van der Waals surface area contributed by atoms with E-state index in [0.29, 0.717) is 22.3 Å². The smallest absolute Gasteiger partial charge is 0.242 e. The number of benzene rings is 2. The third-order valence-corrected chi connectivity index (χ3v) is 7.10. The Balaban J connectivity index is 2.15. The molecule has 7 nitrogen and oxygen atoms in total. The molecule has 0 aromatic heterocycles. The molecule has 0 bridgehead atoms. The summed E-state index contributed by atoms with van der Waals surface area (Å²) in [6.45, 7) is 4.43. The summed E-state index contributed by atoms with van der Waals surface area (Å²) in [6.07, 6.45) is 2.24. The number of anilines is 1. The van der Waals surface area contributed by atoms with Gasteiger partial charge in [-0.3, -0.25) is 13.9 Å². The third-order valence-electron chi connectivity index (χ3n) is 5.28. The highest BCUT2D eigenvalue weighted by molar-refractivity contribution is 7.92. The van der Waals surface area contributed by atoms with Crippen LogP contribution in [-0.4, -0.2) is 50.5 Å². The van der Waals surface area contributed by atoms with Crippen LogP contribution in [0.4, 0.5) is 5.69 Å². The number of carbonyl (C=O) groups is 2. The highest BCUT2D eigenvalue weighted by atomic mass is 35.5. The van der Waals surface area contributed by atoms with E-state index in [9.17, 15) is 18.0 Å². The van der Waals surface area contributed by atoms with Crippen molar-refractivity contribution in [1.82, 2.24) is 10.2 Å². The van der Waals surface area contributed by atoms with Crippen LogP contribution in [-0.2, 0) is 26.2 Å². The highest BCUT2D eigenvalue weighted by Crippen LogP contribution is 2.22. The van der Waals surface area contributed by atoms with Gasteiger partial charge in [-0.25, -0.2) is 8.42 Å². The molecule has 34 heavy (non-hydrogen) atoms. The number of sulfonamides is 1. The summed E-state index contributed by atoms with van der Waals surface area (Å²) in [5.41, 5.74) is 1.20. The molecule has 2 aromatic carbocycles. The normalized spacial score (nSPS) is 12.1. The van der Waals surface area contributed by atoms with Gasteiger partial charge >= 0.3 is 0 Å².